The van der Waals surface area contributed by atoms with Gasteiger partial charge in [-0.25, -0.2) is 0 Å². The lowest BCUT2D eigenvalue weighted by molar-refractivity contribution is -0.255. The Balaban J connectivity index is 2.55. The summed E-state index contributed by atoms with van der Waals surface area (Å²) in [5.74, 6) is -1.02. The first-order valence-electron chi connectivity index (χ1n) is 5.09. The number of rotatable bonds is 3. The molecule has 1 heterocycles. The molecule has 0 spiro atoms. The number of carbonyl (C=O) groups excluding carboxylic acids is 1. The molecule has 0 aliphatic rings. The van der Waals surface area contributed by atoms with Crippen LogP contribution in [0.1, 0.15) is 23.0 Å². The molecule has 0 aliphatic carbocycles. The van der Waals surface area contributed by atoms with Crippen molar-refractivity contribution in [1.29, 1.82) is 0 Å². The fraction of sp³-hybridized carbons (Fsp3) is 0.167. The summed E-state index contributed by atoms with van der Waals surface area (Å²) in [6, 6.07) is 7.14. The minimum atomic E-state index is -1.26. The molecule has 1 aromatic heterocycles. The SMILES string of the molecule is CCc1noc(-c2ccc(Br)cc2)c1C(=O)[O-]. The first-order valence-corrected chi connectivity index (χ1v) is 5.88. The fourth-order valence-corrected chi connectivity index (χ4v) is 1.84. The Hall–Kier alpha value is -1.62. The summed E-state index contributed by atoms with van der Waals surface area (Å²) in [6.07, 6.45) is 0.489. The number of halogens is 1. The van der Waals surface area contributed by atoms with Gasteiger partial charge in [-0.2, -0.15) is 0 Å². The Kier molecular flexibility index (Phi) is 3.28. The largest absolute Gasteiger partial charge is 0.545 e. The molecule has 1 aromatic carbocycles. The van der Waals surface area contributed by atoms with Crippen LogP contribution in [0.25, 0.3) is 11.3 Å². The summed E-state index contributed by atoms with van der Waals surface area (Å²) in [7, 11) is 0. The molecule has 2 aromatic rings. The summed E-state index contributed by atoms with van der Waals surface area (Å²) in [5, 5.41) is 14.8. The second-order valence-corrected chi connectivity index (χ2v) is 4.40. The van der Waals surface area contributed by atoms with Gasteiger partial charge in [0.15, 0.2) is 5.76 Å². The van der Waals surface area contributed by atoms with E-state index in [-0.39, 0.29) is 11.3 Å². The van der Waals surface area contributed by atoms with Crippen LogP contribution in [0.5, 0.6) is 0 Å². The number of aromatic carboxylic acids is 1. The van der Waals surface area contributed by atoms with Crippen LogP contribution in [0.2, 0.25) is 0 Å². The van der Waals surface area contributed by atoms with Crippen molar-refractivity contribution in [1.82, 2.24) is 5.16 Å². The van der Waals surface area contributed by atoms with Gasteiger partial charge in [0.1, 0.15) is 0 Å². The predicted molar refractivity (Wildman–Crippen MR) is 63.3 cm³/mol. The maximum absolute atomic E-state index is 11.1. The molecular weight excluding hydrogens is 286 g/mol. The van der Waals surface area contributed by atoms with Crippen molar-refractivity contribution in [3.05, 3.63) is 40.0 Å². The number of carboxylic acid groups (broad SMARTS) is 1. The third kappa shape index (κ3) is 2.24. The van der Waals surface area contributed by atoms with E-state index in [1.165, 1.54) is 0 Å². The van der Waals surface area contributed by atoms with E-state index in [1.54, 1.807) is 12.1 Å². The number of hydrogen-bond acceptors (Lipinski definition) is 4. The van der Waals surface area contributed by atoms with E-state index >= 15 is 0 Å². The summed E-state index contributed by atoms with van der Waals surface area (Å²) >= 11 is 3.31. The standard InChI is InChI=1S/C12H10BrNO3/c1-2-9-10(12(15)16)11(17-14-9)7-3-5-8(13)6-4-7/h3-6H,2H2,1H3,(H,15,16)/p-1. The molecule has 0 atom stereocenters. The average molecular weight is 295 g/mol. The van der Waals surface area contributed by atoms with Crippen molar-refractivity contribution in [2.75, 3.05) is 0 Å². The van der Waals surface area contributed by atoms with Crippen LogP contribution in [0, 0.1) is 0 Å². The highest BCUT2D eigenvalue weighted by molar-refractivity contribution is 9.10. The van der Waals surface area contributed by atoms with Gasteiger partial charge < -0.3 is 14.4 Å². The zero-order valence-electron chi connectivity index (χ0n) is 9.07. The van der Waals surface area contributed by atoms with Crippen LogP contribution in [-0.4, -0.2) is 11.1 Å². The molecule has 17 heavy (non-hydrogen) atoms. The van der Waals surface area contributed by atoms with Crippen molar-refractivity contribution in [2.45, 2.75) is 13.3 Å². The minimum absolute atomic E-state index is 0.0369. The lowest BCUT2D eigenvalue weighted by Crippen LogP contribution is -2.23. The van der Waals surface area contributed by atoms with Gasteiger partial charge in [-0.3, -0.25) is 0 Å². The minimum Gasteiger partial charge on any atom is -0.545 e. The van der Waals surface area contributed by atoms with E-state index in [2.05, 4.69) is 21.1 Å². The number of nitrogens with zero attached hydrogens (tertiary/aromatic N) is 1. The van der Waals surface area contributed by atoms with Gasteiger partial charge in [0.25, 0.3) is 0 Å². The molecular formula is C12H9BrNO3-. The molecule has 0 saturated carbocycles. The quantitative estimate of drug-likeness (QED) is 0.869. The highest BCUT2D eigenvalue weighted by atomic mass is 79.9. The van der Waals surface area contributed by atoms with Crippen LogP contribution in [0.3, 0.4) is 0 Å². The van der Waals surface area contributed by atoms with Crippen LogP contribution < -0.4 is 5.11 Å². The van der Waals surface area contributed by atoms with E-state index < -0.39 is 5.97 Å². The Morgan fingerprint density at radius 2 is 2.06 bits per heavy atom. The summed E-state index contributed by atoms with van der Waals surface area (Å²) < 4.78 is 6.00. The Morgan fingerprint density at radius 3 is 2.59 bits per heavy atom. The van der Waals surface area contributed by atoms with Gasteiger partial charge >= 0.3 is 0 Å². The van der Waals surface area contributed by atoms with Gasteiger partial charge in [0, 0.05) is 10.0 Å². The van der Waals surface area contributed by atoms with E-state index in [0.717, 1.165) is 4.47 Å². The highest BCUT2D eigenvalue weighted by Crippen LogP contribution is 2.27. The smallest absolute Gasteiger partial charge is 0.176 e. The number of benzene rings is 1. The number of hydrogen-bond donors (Lipinski definition) is 0. The Labute approximate surface area is 106 Å². The van der Waals surface area contributed by atoms with Crippen LogP contribution in [-0.2, 0) is 6.42 Å². The summed E-state index contributed by atoms with van der Waals surface area (Å²) in [6.45, 7) is 1.82. The zero-order chi connectivity index (χ0) is 12.4. The topological polar surface area (TPSA) is 66.2 Å². The van der Waals surface area contributed by atoms with E-state index in [4.69, 9.17) is 4.52 Å². The first kappa shape index (κ1) is 11.9. The van der Waals surface area contributed by atoms with Crippen molar-refractivity contribution in [2.24, 2.45) is 0 Å². The molecule has 0 saturated heterocycles. The second-order valence-electron chi connectivity index (χ2n) is 3.48. The highest BCUT2D eigenvalue weighted by Gasteiger charge is 2.17. The van der Waals surface area contributed by atoms with Gasteiger partial charge in [-0.15, -0.1) is 0 Å². The monoisotopic (exact) mass is 294 g/mol. The molecule has 0 fully saturated rings. The first-order chi connectivity index (χ1) is 8.13. The van der Waals surface area contributed by atoms with Crippen LogP contribution in [0.15, 0.2) is 33.3 Å². The summed E-state index contributed by atoms with van der Waals surface area (Å²) in [5.41, 5.74) is 1.11. The van der Waals surface area contributed by atoms with Crippen molar-refractivity contribution in [3.63, 3.8) is 0 Å². The second kappa shape index (κ2) is 4.71. The zero-order valence-corrected chi connectivity index (χ0v) is 10.7. The number of aryl methyl sites for hydroxylation is 1. The predicted octanol–water partition coefficient (Wildman–Crippen LogP) is 2.03. The molecule has 0 aliphatic heterocycles. The molecule has 4 nitrogen and oxygen atoms in total. The van der Waals surface area contributed by atoms with Crippen molar-refractivity contribution >= 4 is 21.9 Å². The number of carboxylic acids is 1. The lowest BCUT2D eigenvalue weighted by Gasteiger charge is -2.03. The molecule has 88 valence electrons. The van der Waals surface area contributed by atoms with Gasteiger partial charge in [0.05, 0.1) is 17.2 Å². The fourth-order valence-electron chi connectivity index (χ4n) is 1.57. The van der Waals surface area contributed by atoms with Crippen LogP contribution in [0.4, 0.5) is 0 Å². The van der Waals surface area contributed by atoms with Gasteiger partial charge in [-0.1, -0.05) is 28.0 Å². The molecule has 0 N–H and O–H groups in total. The maximum Gasteiger partial charge on any atom is 0.176 e. The lowest BCUT2D eigenvalue weighted by atomic mass is 10.1. The Bertz CT molecular complexity index is 545. The third-order valence-corrected chi connectivity index (χ3v) is 2.94. The average Bonchev–Trinajstić information content (AvgIpc) is 2.73. The van der Waals surface area contributed by atoms with Crippen molar-refractivity contribution < 1.29 is 14.4 Å². The number of aromatic nitrogens is 1. The van der Waals surface area contributed by atoms with Gasteiger partial charge in [-0.05, 0) is 30.7 Å². The van der Waals surface area contributed by atoms with E-state index in [1.807, 2.05) is 19.1 Å². The molecule has 0 amide bonds. The Morgan fingerprint density at radius 1 is 1.41 bits per heavy atom. The molecule has 5 heteroatoms. The van der Waals surface area contributed by atoms with Crippen LogP contribution >= 0.6 is 15.9 Å². The maximum atomic E-state index is 11.1. The van der Waals surface area contributed by atoms with E-state index in [9.17, 15) is 9.90 Å². The third-order valence-electron chi connectivity index (χ3n) is 2.41. The normalized spacial score (nSPS) is 10.5. The van der Waals surface area contributed by atoms with Crippen molar-refractivity contribution in [3.8, 4) is 11.3 Å². The molecule has 0 unspecified atom stereocenters. The molecule has 0 radical (unpaired) electrons. The van der Waals surface area contributed by atoms with Gasteiger partial charge in [0.2, 0.25) is 0 Å². The van der Waals surface area contributed by atoms with E-state index in [0.29, 0.717) is 17.7 Å². The molecule has 0 bridgehead atoms. The summed E-state index contributed by atoms with van der Waals surface area (Å²) in [4.78, 5) is 11.1. The number of carbonyl (C=O) groups is 1. The molecule has 2 rings (SSSR count).